The van der Waals surface area contributed by atoms with Crippen molar-refractivity contribution in [2.75, 3.05) is 19.6 Å². The maximum Gasteiger partial charge on any atom is 0.315 e. The molecular formula is C17H24ClN5O. The largest absolute Gasteiger partial charge is 0.335 e. The Bertz CT molecular complexity index is 693. The molecule has 0 bridgehead atoms. The Morgan fingerprint density at radius 2 is 2.12 bits per heavy atom. The molecule has 0 aromatic carbocycles. The van der Waals surface area contributed by atoms with Crippen molar-refractivity contribution in [2.45, 2.75) is 38.8 Å². The summed E-state index contributed by atoms with van der Waals surface area (Å²) in [6.07, 6.45) is 6.89. The normalized spacial score (nSPS) is 16.4. The Balaban J connectivity index is 1.45. The Kier molecular flexibility index (Phi) is 5.58. The summed E-state index contributed by atoms with van der Waals surface area (Å²) >= 11 is 5.96. The van der Waals surface area contributed by atoms with Crippen LogP contribution in [0, 0.1) is 0 Å². The second kappa shape index (κ2) is 7.85. The van der Waals surface area contributed by atoms with Crippen molar-refractivity contribution in [3.05, 3.63) is 35.2 Å². The van der Waals surface area contributed by atoms with E-state index < -0.39 is 0 Å². The van der Waals surface area contributed by atoms with Crippen molar-refractivity contribution in [3.8, 4) is 0 Å². The number of hydrogen-bond acceptors (Lipinski definition) is 3. The van der Waals surface area contributed by atoms with Crippen LogP contribution in [0.4, 0.5) is 4.79 Å². The number of nitrogens with zero attached hydrogens (tertiary/aromatic N) is 3. The van der Waals surface area contributed by atoms with Crippen LogP contribution in [-0.4, -0.2) is 46.0 Å². The highest BCUT2D eigenvalue weighted by Crippen LogP contribution is 2.12. The van der Waals surface area contributed by atoms with Crippen LogP contribution in [-0.2, 0) is 6.54 Å². The number of piperidine rings is 1. The SMILES string of the molecule is CCCN1CCC(NC(=O)NCc2cn3cc(Cl)ccc3n2)CC1. The van der Waals surface area contributed by atoms with Crippen molar-refractivity contribution >= 4 is 23.3 Å². The fourth-order valence-electron chi connectivity index (χ4n) is 3.13. The maximum atomic E-state index is 12.1. The monoisotopic (exact) mass is 349 g/mol. The quantitative estimate of drug-likeness (QED) is 0.872. The van der Waals surface area contributed by atoms with Gasteiger partial charge >= 0.3 is 6.03 Å². The lowest BCUT2D eigenvalue weighted by molar-refractivity contribution is 0.192. The molecule has 2 aromatic rings. The van der Waals surface area contributed by atoms with Crippen molar-refractivity contribution in [3.63, 3.8) is 0 Å². The van der Waals surface area contributed by atoms with E-state index in [1.807, 2.05) is 16.7 Å². The molecule has 2 amide bonds. The van der Waals surface area contributed by atoms with E-state index in [2.05, 4.69) is 27.4 Å². The van der Waals surface area contributed by atoms with Gasteiger partial charge in [0.25, 0.3) is 0 Å². The molecule has 2 aromatic heterocycles. The molecule has 2 N–H and O–H groups in total. The van der Waals surface area contributed by atoms with Gasteiger partial charge in [-0.2, -0.15) is 0 Å². The third kappa shape index (κ3) is 4.39. The summed E-state index contributed by atoms with van der Waals surface area (Å²) in [6, 6.07) is 3.80. The second-order valence-electron chi connectivity index (χ2n) is 6.29. The minimum Gasteiger partial charge on any atom is -0.335 e. The first-order valence-electron chi connectivity index (χ1n) is 8.54. The molecule has 0 saturated carbocycles. The van der Waals surface area contributed by atoms with Crippen LogP contribution in [0.1, 0.15) is 31.9 Å². The molecular weight excluding hydrogens is 326 g/mol. The molecule has 1 fully saturated rings. The molecule has 0 unspecified atom stereocenters. The number of fused-ring (bicyclic) bond motifs is 1. The Morgan fingerprint density at radius 1 is 1.33 bits per heavy atom. The first-order valence-corrected chi connectivity index (χ1v) is 8.91. The fourth-order valence-corrected chi connectivity index (χ4v) is 3.29. The van der Waals surface area contributed by atoms with Crippen LogP contribution in [0.3, 0.4) is 0 Å². The minimum absolute atomic E-state index is 0.126. The summed E-state index contributed by atoms with van der Waals surface area (Å²) in [5.74, 6) is 0. The van der Waals surface area contributed by atoms with Gasteiger partial charge in [0.05, 0.1) is 17.3 Å². The van der Waals surface area contributed by atoms with Crippen LogP contribution < -0.4 is 10.6 Å². The predicted octanol–water partition coefficient (Wildman–Crippen LogP) is 2.66. The number of imidazole rings is 1. The standard InChI is InChI=1S/C17H24ClN5O/c1-2-7-22-8-5-14(6-9-22)21-17(24)19-10-15-12-23-11-13(18)3-4-16(23)20-15/h3-4,11-12,14H,2,5-10H2,1H3,(H2,19,21,24). The number of nitrogens with one attached hydrogen (secondary N) is 2. The zero-order valence-corrected chi connectivity index (χ0v) is 14.7. The summed E-state index contributed by atoms with van der Waals surface area (Å²) in [7, 11) is 0. The summed E-state index contributed by atoms with van der Waals surface area (Å²) in [6.45, 7) is 5.87. The Hall–Kier alpha value is -1.79. The number of carbonyl (C=O) groups is 1. The van der Waals surface area contributed by atoms with Gasteiger partial charge in [-0.3, -0.25) is 0 Å². The molecule has 1 saturated heterocycles. The van der Waals surface area contributed by atoms with Gasteiger partial charge in [-0.25, -0.2) is 9.78 Å². The first kappa shape index (κ1) is 17.0. The molecule has 24 heavy (non-hydrogen) atoms. The average Bonchev–Trinajstić information content (AvgIpc) is 2.97. The van der Waals surface area contributed by atoms with Gasteiger partial charge in [0.15, 0.2) is 0 Å². The highest BCUT2D eigenvalue weighted by Gasteiger charge is 2.19. The number of likely N-dealkylation sites (tertiary alicyclic amines) is 1. The summed E-state index contributed by atoms with van der Waals surface area (Å²) in [4.78, 5) is 19.0. The van der Waals surface area contributed by atoms with E-state index in [4.69, 9.17) is 11.6 Å². The number of aromatic nitrogens is 2. The molecule has 0 spiro atoms. The van der Waals surface area contributed by atoms with Crippen molar-refractivity contribution < 1.29 is 4.79 Å². The molecule has 1 aliphatic heterocycles. The van der Waals surface area contributed by atoms with Crippen LogP contribution in [0.15, 0.2) is 24.5 Å². The molecule has 1 aliphatic rings. The van der Waals surface area contributed by atoms with Crippen molar-refractivity contribution in [2.24, 2.45) is 0 Å². The van der Waals surface area contributed by atoms with Crippen LogP contribution >= 0.6 is 11.6 Å². The number of rotatable bonds is 5. The second-order valence-corrected chi connectivity index (χ2v) is 6.72. The van der Waals surface area contributed by atoms with E-state index in [0.717, 1.165) is 43.8 Å². The lowest BCUT2D eigenvalue weighted by Crippen LogP contribution is -2.47. The molecule has 0 aliphatic carbocycles. The van der Waals surface area contributed by atoms with Crippen LogP contribution in [0.5, 0.6) is 0 Å². The minimum atomic E-state index is -0.126. The third-order valence-corrected chi connectivity index (χ3v) is 4.58. The first-order chi connectivity index (χ1) is 11.6. The molecule has 0 radical (unpaired) electrons. The lowest BCUT2D eigenvalue weighted by atomic mass is 10.1. The zero-order chi connectivity index (χ0) is 16.9. The van der Waals surface area contributed by atoms with Crippen molar-refractivity contribution in [1.29, 1.82) is 0 Å². The highest BCUT2D eigenvalue weighted by atomic mass is 35.5. The van der Waals surface area contributed by atoms with Crippen LogP contribution in [0.2, 0.25) is 5.02 Å². The number of urea groups is 1. The molecule has 0 atom stereocenters. The fraction of sp³-hybridized carbons (Fsp3) is 0.529. The molecule has 130 valence electrons. The van der Waals surface area contributed by atoms with E-state index in [9.17, 15) is 4.79 Å². The van der Waals surface area contributed by atoms with Gasteiger partial charge in [0.2, 0.25) is 0 Å². The number of carbonyl (C=O) groups excluding carboxylic acids is 1. The van der Waals surface area contributed by atoms with Gasteiger partial charge in [-0.15, -0.1) is 0 Å². The number of halogens is 1. The summed E-state index contributed by atoms with van der Waals surface area (Å²) in [5.41, 5.74) is 1.63. The average molecular weight is 350 g/mol. The van der Waals surface area contributed by atoms with Crippen molar-refractivity contribution in [1.82, 2.24) is 24.9 Å². The third-order valence-electron chi connectivity index (χ3n) is 4.36. The zero-order valence-electron chi connectivity index (χ0n) is 14.0. The van der Waals surface area contributed by atoms with E-state index in [1.165, 1.54) is 6.42 Å². The topological polar surface area (TPSA) is 61.7 Å². The van der Waals surface area contributed by atoms with E-state index in [-0.39, 0.29) is 12.1 Å². The maximum absolute atomic E-state index is 12.1. The predicted molar refractivity (Wildman–Crippen MR) is 95.3 cm³/mol. The molecule has 7 heteroatoms. The number of hydrogen-bond donors (Lipinski definition) is 2. The lowest BCUT2D eigenvalue weighted by Gasteiger charge is -2.32. The number of amides is 2. The Labute approximate surface area is 147 Å². The molecule has 3 rings (SSSR count). The summed E-state index contributed by atoms with van der Waals surface area (Å²) in [5, 5.41) is 6.61. The van der Waals surface area contributed by atoms with Gasteiger partial charge in [-0.05, 0) is 37.9 Å². The molecule has 6 nitrogen and oxygen atoms in total. The highest BCUT2D eigenvalue weighted by molar-refractivity contribution is 6.30. The van der Waals surface area contributed by atoms with E-state index in [1.54, 1.807) is 12.3 Å². The number of pyridine rings is 1. The smallest absolute Gasteiger partial charge is 0.315 e. The van der Waals surface area contributed by atoms with Gasteiger partial charge in [0, 0.05) is 31.5 Å². The van der Waals surface area contributed by atoms with Crippen LogP contribution in [0.25, 0.3) is 5.65 Å². The Morgan fingerprint density at radius 3 is 2.88 bits per heavy atom. The van der Waals surface area contributed by atoms with E-state index >= 15 is 0 Å². The van der Waals surface area contributed by atoms with E-state index in [0.29, 0.717) is 11.6 Å². The van der Waals surface area contributed by atoms with Gasteiger partial charge < -0.3 is 19.9 Å². The molecule has 3 heterocycles. The summed E-state index contributed by atoms with van der Waals surface area (Å²) < 4.78 is 1.86. The van der Waals surface area contributed by atoms with Gasteiger partial charge in [-0.1, -0.05) is 18.5 Å². The van der Waals surface area contributed by atoms with Gasteiger partial charge in [0.1, 0.15) is 5.65 Å².